The van der Waals surface area contributed by atoms with Crippen molar-refractivity contribution in [1.82, 2.24) is 14.7 Å². The zero-order valence-corrected chi connectivity index (χ0v) is 19.8. The molecule has 0 radical (unpaired) electrons. The van der Waals surface area contributed by atoms with Gasteiger partial charge in [-0.3, -0.25) is 9.80 Å². The van der Waals surface area contributed by atoms with Crippen molar-refractivity contribution in [3.8, 4) is 11.1 Å². The normalized spacial score (nSPS) is 10.9. The van der Waals surface area contributed by atoms with Crippen LogP contribution in [0.4, 0.5) is 0 Å². The fourth-order valence-corrected chi connectivity index (χ4v) is 2.66. The molecule has 0 amide bonds. The van der Waals surface area contributed by atoms with Gasteiger partial charge >= 0.3 is 0 Å². The summed E-state index contributed by atoms with van der Waals surface area (Å²) in [6.07, 6.45) is 1.10. The van der Waals surface area contributed by atoms with Crippen molar-refractivity contribution in [3.05, 3.63) is 59.7 Å². The van der Waals surface area contributed by atoms with Crippen LogP contribution in [0.1, 0.15) is 38.8 Å². The topological polar surface area (TPSA) is 9.72 Å². The Morgan fingerprint density at radius 3 is 1.32 bits per heavy atom. The lowest BCUT2D eigenvalue weighted by Gasteiger charge is -2.18. The Hall–Kier alpha value is -1.68. The van der Waals surface area contributed by atoms with Crippen molar-refractivity contribution in [1.29, 1.82) is 0 Å². The minimum absolute atomic E-state index is 1.05. The van der Waals surface area contributed by atoms with Gasteiger partial charge in [-0.25, -0.2) is 0 Å². The molecule has 0 saturated heterocycles. The Labute approximate surface area is 175 Å². The van der Waals surface area contributed by atoms with E-state index in [0.29, 0.717) is 0 Å². The van der Waals surface area contributed by atoms with E-state index < -0.39 is 0 Å². The Kier molecular flexibility index (Phi) is 14.4. The first kappa shape index (κ1) is 26.3. The highest BCUT2D eigenvalue weighted by molar-refractivity contribution is 5.76. The summed E-state index contributed by atoms with van der Waals surface area (Å²) in [4.78, 5) is 6.53. The molecular weight excluding hydrogens is 342 g/mol. The number of nitrogens with zero attached hydrogens (tertiary/aromatic N) is 3. The van der Waals surface area contributed by atoms with Gasteiger partial charge in [-0.1, -0.05) is 76.2 Å². The molecule has 0 aliphatic heterocycles. The van der Waals surface area contributed by atoms with Crippen LogP contribution in [0.2, 0.25) is 0 Å². The second kappa shape index (κ2) is 15.3. The molecule has 0 saturated carbocycles. The molecule has 0 fully saturated rings. The smallest absolute Gasteiger partial charge is 0.0497 e. The van der Waals surface area contributed by atoms with E-state index in [1.165, 1.54) is 22.3 Å². The van der Waals surface area contributed by atoms with Gasteiger partial charge in [0.25, 0.3) is 0 Å². The van der Waals surface area contributed by atoms with Crippen LogP contribution in [0.5, 0.6) is 0 Å². The van der Waals surface area contributed by atoms with Gasteiger partial charge < -0.3 is 4.90 Å². The highest BCUT2D eigenvalue weighted by Crippen LogP contribution is 2.35. The van der Waals surface area contributed by atoms with Crippen LogP contribution in [-0.4, -0.2) is 69.7 Å². The van der Waals surface area contributed by atoms with Crippen molar-refractivity contribution < 1.29 is 0 Å². The lowest BCUT2D eigenvalue weighted by molar-refractivity contribution is 0.219. The van der Waals surface area contributed by atoms with Crippen LogP contribution >= 0.6 is 0 Å². The average molecular weight is 386 g/mol. The first-order chi connectivity index (χ1) is 13.4. The first-order valence-corrected chi connectivity index (χ1v) is 10.5. The summed E-state index contributed by atoms with van der Waals surface area (Å²) in [6, 6.07) is 17.3. The maximum atomic E-state index is 2.25. The maximum absolute atomic E-state index is 2.25. The molecule has 3 heteroatoms. The van der Waals surface area contributed by atoms with Gasteiger partial charge in [0.2, 0.25) is 0 Å². The molecule has 0 unspecified atom stereocenters. The summed E-state index contributed by atoms with van der Waals surface area (Å²) in [7, 11) is 10.4. The molecule has 0 atom stereocenters. The van der Waals surface area contributed by atoms with Gasteiger partial charge in [0, 0.05) is 6.67 Å². The quantitative estimate of drug-likeness (QED) is 0.564. The summed E-state index contributed by atoms with van der Waals surface area (Å²) in [5, 5.41) is 0. The molecule has 3 nitrogen and oxygen atoms in total. The number of benzene rings is 2. The molecule has 0 bridgehead atoms. The van der Waals surface area contributed by atoms with Gasteiger partial charge in [-0.05, 0) is 77.0 Å². The standard InChI is InChI=1S/C13H10.C6H16N2.C4H11N.C2H6/c1-3-7-12-10(5-1)9-11-6-2-4-8-13(11)12;1-5-8(4)6-7(2)3;1-4-5(2)3;1-2/h1-8H,9H2;5-6H2,1-4H3;4H2,1-3H3;1-2H3. The Bertz CT molecular complexity index is 592. The van der Waals surface area contributed by atoms with Crippen molar-refractivity contribution >= 4 is 0 Å². The Morgan fingerprint density at radius 1 is 0.643 bits per heavy atom. The van der Waals surface area contributed by atoms with E-state index in [9.17, 15) is 0 Å². The summed E-state index contributed by atoms with van der Waals surface area (Å²) >= 11 is 0. The number of rotatable bonds is 4. The highest BCUT2D eigenvalue weighted by atomic mass is 15.3. The largest absolute Gasteiger partial charge is 0.310 e. The van der Waals surface area contributed by atoms with E-state index >= 15 is 0 Å². The molecule has 0 heterocycles. The van der Waals surface area contributed by atoms with E-state index in [1.807, 2.05) is 13.8 Å². The first-order valence-electron chi connectivity index (χ1n) is 10.5. The molecule has 0 aromatic heterocycles. The molecule has 28 heavy (non-hydrogen) atoms. The fraction of sp³-hybridized carbons (Fsp3) is 0.520. The third-order valence-electron chi connectivity index (χ3n) is 4.40. The predicted molar refractivity (Wildman–Crippen MR) is 127 cm³/mol. The minimum Gasteiger partial charge on any atom is -0.310 e. The Balaban J connectivity index is 0.000000422. The molecule has 3 rings (SSSR count). The second-order valence-electron chi connectivity index (χ2n) is 7.28. The average Bonchev–Trinajstić information content (AvgIpc) is 3.08. The molecule has 1 aliphatic rings. The van der Waals surface area contributed by atoms with Crippen LogP contribution in [0, 0.1) is 0 Å². The van der Waals surface area contributed by atoms with Gasteiger partial charge in [0.05, 0.1) is 0 Å². The predicted octanol–water partition coefficient (Wildman–Crippen LogP) is 5.31. The summed E-state index contributed by atoms with van der Waals surface area (Å²) in [5.74, 6) is 0. The molecule has 2 aromatic rings. The van der Waals surface area contributed by atoms with Crippen LogP contribution < -0.4 is 0 Å². The SMILES string of the molecule is CC.CCN(C)C.CCN(C)CN(C)C.c1ccc2c(c1)Cc1ccccc1-2. The number of fused-ring (bicyclic) bond motifs is 3. The lowest BCUT2D eigenvalue weighted by atomic mass is 10.1. The monoisotopic (exact) mass is 385 g/mol. The molecule has 1 aliphatic carbocycles. The van der Waals surface area contributed by atoms with Crippen LogP contribution in [0.25, 0.3) is 11.1 Å². The van der Waals surface area contributed by atoms with Crippen molar-refractivity contribution in [3.63, 3.8) is 0 Å². The number of hydrogen-bond donors (Lipinski definition) is 0. The second-order valence-corrected chi connectivity index (χ2v) is 7.28. The molecule has 158 valence electrons. The summed E-state index contributed by atoms with van der Waals surface area (Å²) in [6.45, 7) is 11.6. The maximum Gasteiger partial charge on any atom is 0.0497 e. The van der Waals surface area contributed by atoms with Crippen molar-refractivity contribution in [2.45, 2.75) is 34.1 Å². The van der Waals surface area contributed by atoms with Crippen molar-refractivity contribution in [2.24, 2.45) is 0 Å². The highest BCUT2D eigenvalue weighted by Gasteiger charge is 2.15. The zero-order valence-electron chi connectivity index (χ0n) is 19.8. The minimum atomic E-state index is 1.05. The van der Waals surface area contributed by atoms with E-state index in [0.717, 1.165) is 26.2 Å². The molecule has 0 spiro atoms. The molecule has 0 N–H and O–H groups in total. The van der Waals surface area contributed by atoms with Gasteiger partial charge in [-0.2, -0.15) is 0 Å². The summed E-state index contributed by atoms with van der Waals surface area (Å²) in [5.41, 5.74) is 5.75. The van der Waals surface area contributed by atoms with E-state index in [4.69, 9.17) is 0 Å². The third kappa shape index (κ3) is 10.0. The summed E-state index contributed by atoms with van der Waals surface area (Å²) < 4.78 is 0. The molecular formula is C25H43N3. The Morgan fingerprint density at radius 2 is 1.04 bits per heavy atom. The number of hydrogen-bond acceptors (Lipinski definition) is 3. The lowest BCUT2D eigenvalue weighted by Crippen LogP contribution is -2.29. The van der Waals surface area contributed by atoms with Gasteiger partial charge in [-0.15, -0.1) is 0 Å². The third-order valence-corrected chi connectivity index (χ3v) is 4.40. The van der Waals surface area contributed by atoms with Gasteiger partial charge in [0.15, 0.2) is 0 Å². The van der Waals surface area contributed by atoms with Crippen LogP contribution in [0.15, 0.2) is 48.5 Å². The molecule has 2 aromatic carbocycles. The fourth-order valence-electron chi connectivity index (χ4n) is 2.66. The van der Waals surface area contributed by atoms with E-state index in [2.05, 4.69) is 112 Å². The van der Waals surface area contributed by atoms with E-state index in [-0.39, 0.29) is 0 Å². The van der Waals surface area contributed by atoms with Gasteiger partial charge in [0.1, 0.15) is 0 Å². The van der Waals surface area contributed by atoms with Crippen LogP contribution in [0.3, 0.4) is 0 Å². The zero-order chi connectivity index (χ0) is 21.5. The van der Waals surface area contributed by atoms with E-state index in [1.54, 1.807) is 0 Å². The van der Waals surface area contributed by atoms with Crippen molar-refractivity contribution in [2.75, 3.05) is 55.0 Å². The van der Waals surface area contributed by atoms with Crippen LogP contribution in [-0.2, 0) is 6.42 Å².